The van der Waals surface area contributed by atoms with Crippen molar-refractivity contribution in [2.24, 2.45) is 0 Å². The number of nitrogens with zero attached hydrogens (tertiary/aromatic N) is 1. The molecule has 126 valence electrons. The van der Waals surface area contributed by atoms with Gasteiger partial charge in [0.15, 0.2) is 0 Å². The van der Waals surface area contributed by atoms with Crippen molar-refractivity contribution in [3.05, 3.63) is 95.1 Å². The molecule has 6 rings (SSSR count). The van der Waals surface area contributed by atoms with Crippen LogP contribution in [0.25, 0.3) is 11.1 Å². The molecule has 1 unspecified atom stereocenters. The zero-order valence-corrected chi connectivity index (χ0v) is 15.0. The van der Waals surface area contributed by atoms with Crippen molar-refractivity contribution < 1.29 is 0 Å². The molecule has 1 atom stereocenters. The Bertz CT molecular complexity index is 1090. The summed E-state index contributed by atoms with van der Waals surface area (Å²) in [6.45, 7) is 0. The molecule has 0 N–H and O–H groups in total. The van der Waals surface area contributed by atoms with Gasteiger partial charge in [-0.05, 0) is 76.9 Å². The summed E-state index contributed by atoms with van der Waals surface area (Å²) < 4.78 is 0. The lowest BCUT2D eigenvalue weighted by atomic mass is 9.57. The highest BCUT2D eigenvalue weighted by Crippen LogP contribution is 2.51. The first-order chi connectivity index (χ1) is 12.7. The van der Waals surface area contributed by atoms with Crippen LogP contribution in [0.15, 0.2) is 72.8 Å². The van der Waals surface area contributed by atoms with Crippen molar-refractivity contribution in [1.82, 2.24) is 0 Å². The minimum absolute atomic E-state index is 0.395. The van der Waals surface area contributed by atoms with Gasteiger partial charge in [0.05, 0.1) is 0 Å². The van der Waals surface area contributed by atoms with Gasteiger partial charge in [0, 0.05) is 23.8 Å². The molecule has 0 saturated carbocycles. The van der Waals surface area contributed by atoms with Gasteiger partial charge in [-0.25, -0.2) is 0 Å². The molecule has 0 aliphatic heterocycles. The van der Waals surface area contributed by atoms with E-state index < -0.39 is 0 Å². The van der Waals surface area contributed by atoms with Crippen LogP contribution in [-0.4, -0.2) is 7.05 Å². The smallest absolute Gasteiger partial charge is 0.0411 e. The topological polar surface area (TPSA) is 3.24 Å². The summed E-state index contributed by atoms with van der Waals surface area (Å²) in [6, 6.07) is 22.7. The Morgan fingerprint density at radius 3 is 2.31 bits per heavy atom. The van der Waals surface area contributed by atoms with Gasteiger partial charge in [0.2, 0.25) is 0 Å². The van der Waals surface area contributed by atoms with Gasteiger partial charge in [-0.3, -0.25) is 0 Å². The Morgan fingerprint density at radius 2 is 1.54 bits per heavy atom. The number of hydrogen-bond acceptors (Lipinski definition) is 1. The second-order valence-electron chi connectivity index (χ2n) is 8.02. The molecule has 3 aromatic carbocycles. The Kier molecular flexibility index (Phi) is 2.70. The fraction of sp³-hybridized carbons (Fsp3) is 0.200. The summed E-state index contributed by atoms with van der Waals surface area (Å²) in [4.78, 5) is 2.32. The molecule has 0 radical (unpaired) electrons. The van der Waals surface area contributed by atoms with Gasteiger partial charge in [0.1, 0.15) is 0 Å². The maximum atomic E-state index is 2.39. The van der Waals surface area contributed by atoms with E-state index in [0.717, 1.165) is 6.42 Å². The van der Waals surface area contributed by atoms with Crippen LogP contribution in [0.2, 0.25) is 0 Å². The minimum Gasteiger partial charge on any atom is -0.345 e. The van der Waals surface area contributed by atoms with E-state index in [2.05, 4.69) is 84.8 Å². The zero-order chi connectivity index (χ0) is 17.3. The summed E-state index contributed by atoms with van der Waals surface area (Å²) in [6.07, 6.45) is 8.16. The normalized spacial score (nSPS) is 20.8. The second-order valence-corrected chi connectivity index (χ2v) is 8.02. The third-order valence-corrected chi connectivity index (χ3v) is 6.60. The number of allylic oxidation sites excluding steroid dienone is 2. The predicted octanol–water partition coefficient (Wildman–Crippen LogP) is 5.78. The van der Waals surface area contributed by atoms with Crippen LogP contribution in [0.4, 0.5) is 11.4 Å². The highest BCUT2D eigenvalue weighted by atomic mass is 15.1. The Hall–Kier alpha value is -2.80. The molecule has 1 spiro atoms. The highest BCUT2D eigenvalue weighted by Gasteiger charge is 2.43. The van der Waals surface area contributed by atoms with E-state index in [4.69, 9.17) is 0 Å². The van der Waals surface area contributed by atoms with Crippen LogP contribution in [0.5, 0.6) is 0 Å². The Morgan fingerprint density at radius 1 is 0.808 bits per heavy atom. The number of rotatable bonds is 2. The second kappa shape index (κ2) is 4.88. The van der Waals surface area contributed by atoms with E-state index in [0.29, 0.717) is 5.41 Å². The number of hydrogen-bond donors (Lipinski definition) is 0. The van der Waals surface area contributed by atoms with Crippen LogP contribution in [0, 0.1) is 0 Å². The van der Waals surface area contributed by atoms with Gasteiger partial charge in [-0.15, -0.1) is 0 Å². The van der Waals surface area contributed by atoms with Crippen molar-refractivity contribution in [3.63, 3.8) is 0 Å². The van der Waals surface area contributed by atoms with Crippen molar-refractivity contribution in [2.75, 3.05) is 11.9 Å². The van der Waals surface area contributed by atoms with E-state index in [1.54, 1.807) is 5.56 Å². The van der Waals surface area contributed by atoms with Crippen LogP contribution >= 0.6 is 0 Å². The molecule has 26 heavy (non-hydrogen) atoms. The van der Waals surface area contributed by atoms with Gasteiger partial charge in [0.25, 0.3) is 0 Å². The molecule has 0 bridgehead atoms. The predicted molar refractivity (Wildman–Crippen MR) is 108 cm³/mol. The summed E-state index contributed by atoms with van der Waals surface area (Å²) in [5.74, 6) is 0. The van der Waals surface area contributed by atoms with Crippen molar-refractivity contribution >= 4 is 11.4 Å². The van der Waals surface area contributed by atoms with Gasteiger partial charge >= 0.3 is 0 Å². The molecule has 1 nitrogen and oxygen atoms in total. The van der Waals surface area contributed by atoms with Crippen LogP contribution < -0.4 is 4.90 Å². The first kappa shape index (κ1) is 14.4. The first-order valence-electron chi connectivity index (χ1n) is 9.50. The maximum Gasteiger partial charge on any atom is 0.0411 e. The minimum atomic E-state index is 0.395. The third kappa shape index (κ3) is 1.81. The summed E-state index contributed by atoms with van der Waals surface area (Å²) in [7, 11) is 2.18. The lowest BCUT2D eigenvalue weighted by Crippen LogP contribution is -2.40. The molecular formula is C25H21N. The number of anilines is 2. The van der Waals surface area contributed by atoms with E-state index in [9.17, 15) is 0 Å². The lowest BCUT2D eigenvalue weighted by molar-refractivity contribution is 0.434. The van der Waals surface area contributed by atoms with Crippen LogP contribution in [-0.2, 0) is 18.3 Å². The monoisotopic (exact) mass is 335 g/mol. The molecule has 3 aliphatic carbocycles. The Balaban J connectivity index is 1.34. The first-order valence-corrected chi connectivity index (χ1v) is 9.50. The summed E-state index contributed by atoms with van der Waals surface area (Å²) in [5, 5.41) is 0. The van der Waals surface area contributed by atoms with Gasteiger partial charge < -0.3 is 4.90 Å². The van der Waals surface area contributed by atoms with Crippen molar-refractivity contribution in [1.29, 1.82) is 0 Å². The average molecular weight is 335 g/mol. The van der Waals surface area contributed by atoms with Gasteiger partial charge in [-0.1, -0.05) is 48.6 Å². The summed E-state index contributed by atoms with van der Waals surface area (Å²) >= 11 is 0. The molecule has 3 aliphatic rings. The van der Waals surface area contributed by atoms with Crippen LogP contribution in [0.1, 0.15) is 28.7 Å². The average Bonchev–Trinajstić information content (AvgIpc) is 2.98. The van der Waals surface area contributed by atoms with E-state index in [1.165, 1.54) is 52.0 Å². The molecule has 1 heteroatoms. The quantitative estimate of drug-likeness (QED) is 0.420. The molecule has 0 aromatic heterocycles. The SMILES string of the molecule is CN(c1ccc2c(c1)Cc1ccccc1-2)c1ccc2c(c1)CC21C=CC1. The van der Waals surface area contributed by atoms with Gasteiger partial charge in [-0.2, -0.15) is 0 Å². The Labute approximate surface area is 154 Å². The van der Waals surface area contributed by atoms with Crippen LogP contribution in [0.3, 0.4) is 0 Å². The van der Waals surface area contributed by atoms with E-state index >= 15 is 0 Å². The van der Waals surface area contributed by atoms with Crippen molar-refractivity contribution in [3.8, 4) is 11.1 Å². The standard InChI is InChI=1S/C25H21N/c1-26(21-8-10-24-19(15-21)16-25(24)11-4-12-25)20-7-9-23-18(14-20)13-17-5-2-3-6-22(17)23/h2-11,14-15H,12-13,16H2,1H3. The number of benzene rings is 3. The fourth-order valence-corrected chi connectivity index (χ4v) is 4.97. The highest BCUT2D eigenvalue weighted by molar-refractivity contribution is 5.80. The molecule has 3 aromatic rings. The fourth-order valence-electron chi connectivity index (χ4n) is 4.97. The van der Waals surface area contributed by atoms with E-state index in [-0.39, 0.29) is 0 Å². The maximum absolute atomic E-state index is 2.39. The molecule has 0 saturated heterocycles. The zero-order valence-electron chi connectivity index (χ0n) is 15.0. The number of fused-ring (bicyclic) bond motifs is 5. The van der Waals surface area contributed by atoms with E-state index in [1.807, 2.05) is 0 Å². The lowest BCUT2D eigenvalue weighted by Gasteiger charge is -2.46. The summed E-state index contributed by atoms with van der Waals surface area (Å²) in [5.41, 5.74) is 11.7. The molecule has 0 amide bonds. The van der Waals surface area contributed by atoms with Crippen molar-refractivity contribution in [2.45, 2.75) is 24.7 Å². The third-order valence-electron chi connectivity index (χ3n) is 6.60. The molecular weight excluding hydrogens is 314 g/mol. The largest absolute Gasteiger partial charge is 0.345 e. The molecule has 0 fully saturated rings. The molecule has 0 heterocycles.